The minimum atomic E-state index is -0.311. The van der Waals surface area contributed by atoms with Crippen molar-refractivity contribution in [3.63, 3.8) is 0 Å². The molecule has 0 bridgehead atoms. The van der Waals surface area contributed by atoms with E-state index in [-0.39, 0.29) is 28.1 Å². The fraction of sp³-hybridized carbons (Fsp3) is 0.381. The first kappa shape index (κ1) is 20.5. The van der Waals surface area contributed by atoms with Crippen molar-refractivity contribution in [1.29, 1.82) is 0 Å². The Bertz CT molecular complexity index is 818. The van der Waals surface area contributed by atoms with E-state index in [1.54, 1.807) is 12.1 Å². The second-order valence-electron chi connectivity index (χ2n) is 7.24. The van der Waals surface area contributed by atoms with Crippen LogP contribution in [0.4, 0.5) is 0 Å². The molecule has 2 aromatic carbocycles. The molecular formula is C21H23Cl3N2O. The molecule has 0 radical (unpaired) electrons. The van der Waals surface area contributed by atoms with E-state index in [2.05, 4.69) is 36.4 Å². The van der Waals surface area contributed by atoms with Gasteiger partial charge < -0.3 is 10.2 Å². The van der Waals surface area contributed by atoms with Crippen LogP contribution in [0.15, 0.2) is 42.5 Å². The van der Waals surface area contributed by atoms with Gasteiger partial charge in [-0.25, -0.2) is 0 Å². The van der Waals surface area contributed by atoms with Crippen LogP contribution < -0.4 is 5.32 Å². The van der Waals surface area contributed by atoms with E-state index in [9.17, 15) is 4.79 Å². The van der Waals surface area contributed by atoms with Crippen molar-refractivity contribution >= 4 is 40.7 Å². The molecule has 27 heavy (non-hydrogen) atoms. The van der Waals surface area contributed by atoms with Gasteiger partial charge in [0, 0.05) is 5.54 Å². The topological polar surface area (TPSA) is 32.3 Å². The van der Waals surface area contributed by atoms with E-state index in [0.29, 0.717) is 10.0 Å². The van der Waals surface area contributed by atoms with Gasteiger partial charge in [0.2, 0.25) is 0 Å². The Balaban J connectivity index is 2.03. The van der Waals surface area contributed by atoms with Gasteiger partial charge in [0.25, 0.3) is 5.91 Å². The van der Waals surface area contributed by atoms with Gasteiger partial charge in [-0.05, 0) is 44.6 Å². The SMILES string of the molecule is CN(C)C1(C(NC(=O)c2c(Cl)ccc(Cl)c2Cl)c2ccccc2)CCCC1. The summed E-state index contributed by atoms with van der Waals surface area (Å²) in [5.74, 6) is -0.311. The highest BCUT2D eigenvalue weighted by molar-refractivity contribution is 6.46. The van der Waals surface area contributed by atoms with Crippen LogP contribution in [0.2, 0.25) is 15.1 Å². The average molecular weight is 426 g/mol. The van der Waals surface area contributed by atoms with E-state index in [0.717, 1.165) is 31.2 Å². The van der Waals surface area contributed by atoms with Crippen LogP contribution in [0.3, 0.4) is 0 Å². The quantitative estimate of drug-likeness (QED) is 0.596. The van der Waals surface area contributed by atoms with E-state index < -0.39 is 0 Å². The van der Waals surface area contributed by atoms with Crippen LogP contribution in [-0.2, 0) is 0 Å². The fourth-order valence-electron chi connectivity index (χ4n) is 4.09. The number of amides is 1. The molecule has 1 aliphatic carbocycles. The first-order valence-corrected chi connectivity index (χ1v) is 10.2. The monoisotopic (exact) mass is 424 g/mol. The van der Waals surface area contributed by atoms with Crippen LogP contribution in [0.5, 0.6) is 0 Å². The first-order valence-electron chi connectivity index (χ1n) is 9.03. The van der Waals surface area contributed by atoms with E-state index in [1.165, 1.54) is 0 Å². The molecule has 0 aromatic heterocycles. The molecule has 0 heterocycles. The number of nitrogens with one attached hydrogen (secondary N) is 1. The van der Waals surface area contributed by atoms with Crippen molar-refractivity contribution in [3.8, 4) is 0 Å². The van der Waals surface area contributed by atoms with Crippen LogP contribution in [-0.4, -0.2) is 30.4 Å². The van der Waals surface area contributed by atoms with Gasteiger partial charge in [-0.2, -0.15) is 0 Å². The normalized spacial score (nSPS) is 17.1. The van der Waals surface area contributed by atoms with Gasteiger partial charge in [0.1, 0.15) is 0 Å². The summed E-state index contributed by atoms with van der Waals surface area (Å²) < 4.78 is 0. The van der Waals surface area contributed by atoms with Gasteiger partial charge in [-0.3, -0.25) is 4.79 Å². The zero-order chi connectivity index (χ0) is 19.6. The number of hydrogen-bond acceptors (Lipinski definition) is 2. The Morgan fingerprint density at radius 3 is 2.19 bits per heavy atom. The molecule has 0 aliphatic heterocycles. The van der Waals surface area contributed by atoms with Crippen molar-refractivity contribution in [1.82, 2.24) is 10.2 Å². The van der Waals surface area contributed by atoms with Gasteiger partial charge >= 0.3 is 0 Å². The zero-order valence-electron chi connectivity index (χ0n) is 15.4. The number of halogens is 3. The molecule has 0 saturated heterocycles. The maximum absolute atomic E-state index is 13.2. The predicted octanol–water partition coefficient (Wildman–Crippen LogP) is 5.99. The number of hydrogen-bond donors (Lipinski definition) is 1. The lowest BCUT2D eigenvalue weighted by Gasteiger charge is -2.44. The van der Waals surface area contributed by atoms with Crippen LogP contribution >= 0.6 is 34.8 Å². The number of benzene rings is 2. The highest BCUT2D eigenvalue weighted by atomic mass is 35.5. The van der Waals surface area contributed by atoms with Gasteiger partial charge in [-0.1, -0.05) is 78.0 Å². The van der Waals surface area contributed by atoms with Crippen LogP contribution in [0.1, 0.15) is 47.6 Å². The molecule has 1 saturated carbocycles. The van der Waals surface area contributed by atoms with Crippen LogP contribution in [0, 0.1) is 0 Å². The summed E-state index contributed by atoms with van der Waals surface area (Å²) in [4.78, 5) is 15.4. The smallest absolute Gasteiger partial charge is 0.254 e. The largest absolute Gasteiger partial charge is 0.343 e. The molecule has 0 spiro atoms. The van der Waals surface area contributed by atoms with Gasteiger partial charge in [-0.15, -0.1) is 0 Å². The minimum absolute atomic E-state index is 0.158. The Hall–Kier alpha value is -1.26. The Kier molecular flexibility index (Phi) is 6.37. The molecule has 144 valence electrons. The lowest BCUT2D eigenvalue weighted by atomic mass is 9.82. The van der Waals surface area contributed by atoms with Crippen molar-refractivity contribution in [2.75, 3.05) is 14.1 Å². The number of nitrogens with zero attached hydrogens (tertiary/aromatic N) is 1. The maximum Gasteiger partial charge on any atom is 0.254 e. The molecular weight excluding hydrogens is 403 g/mol. The second kappa shape index (κ2) is 8.40. The highest BCUT2D eigenvalue weighted by Gasteiger charge is 2.45. The molecule has 1 N–H and O–H groups in total. The summed E-state index contributed by atoms with van der Waals surface area (Å²) in [6.45, 7) is 0. The molecule has 1 fully saturated rings. The summed E-state index contributed by atoms with van der Waals surface area (Å²) in [5, 5.41) is 4.00. The predicted molar refractivity (Wildman–Crippen MR) is 113 cm³/mol. The minimum Gasteiger partial charge on any atom is -0.343 e. The number of likely N-dealkylation sites (N-methyl/N-ethyl adjacent to an activating group) is 1. The molecule has 1 aliphatic rings. The Labute approximate surface area is 175 Å². The zero-order valence-corrected chi connectivity index (χ0v) is 17.7. The Morgan fingerprint density at radius 2 is 1.59 bits per heavy atom. The number of carbonyl (C=O) groups is 1. The molecule has 3 rings (SSSR count). The van der Waals surface area contributed by atoms with E-state index >= 15 is 0 Å². The van der Waals surface area contributed by atoms with Crippen molar-refractivity contribution < 1.29 is 4.79 Å². The fourth-order valence-corrected chi connectivity index (χ4v) is 4.79. The lowest BCUT2D eigenvalue weighted by Crippen LogP contribution is -2.53. The average Bonchev–Trinajstić information content (AvgIpc) is 3.15. The molecule has 3 nitrogen and oxygen atoms in total. The van der Waals surface area contributed by atoms with Crippen molar-refractivity contribution in [2.45, 2.75) is 37.3 Å². The van der Waals surface area contributed by atoms with E-state index in [4.69, 9.17) is 34.8 Å². The summed E-state index contributed by atoms with van der Waals surface area (Å²) in [7, 11) is 4.15. The first-order chi connectivity index (χ1) is 12.9. The number of carbonyl (C=O) groups excluding carboxylic acids is 1. The summed E-state index contributed by atoms with van der Waals surface area (Å²) in [6, 6.07) is 13.1. The molecule has 6 heteroatoms. The third kappa shape index (κ3) is 3.97. The third-order valence-corrected chi connectivity index (χ3v) is 6.70. The van der Waals surface area contributed by atoms with E-state index in [1.807, 2.05) is 18.2 Å². The standard InChI is InChI=1S/C21H23Cl3N2O/c1-26(2)21(12-6-7-13-21)19(14-8-4-3-5-9-14)25-20(27)17-15(22)10-11-16(23)18(17)24/h3-5,8-11,19H,6-7,12-13H2,1-2H3,(H,25,27). The molecule has 1 atom stereocenters. The highest BCUT2D eigenvalue weighted by Crippen LogP contribution is 2.44. The summed E-state index contributed by atoms with van der Waals surface area (Å²) in [6.07, 6.45) is 4.29. The van der Waals surface area contributed by atoms with Gasteiger partial charge in [0.05, 0.1) is 26.7 Å². The summed E-state index contributed by atoms with van der Waals surface area (Å²) in [5.41, 5.74) is 1.13. The molecule has 1 amide bonds. The Morgan fingerprint density at radius 1 is 1.00 bits per heavy atom. The summed E-state index contributed by atoms with van der Waals surface area (Å²) >= 11 is 18.7. The molecule has 1 unspecified atom stereocenters. The van der Waals surface area contributed by atoms with Gasteiger partial charge in [0.15, 0.2) is 0 Å². The van der Waals surface area contributed by atoms with Crippen LogP contribution in [0.25, 0.3) is 0 Å². The lowest BCUT2D eigenvalue weighted by molar-refractivity contribution is 0.0766. The third-order valence-electron chi connectivity index (χ3n) is 5.58. The number of rotatable bonds is 5. The van der Waals surface area contributed by atoms with Crippen molar-refractivity contribution in [2.24, 2.45) is 0 Å². The molecule has 2 aromatic rings. The maximum atomic E-state index is 13.2. The second-order valence-corrected chi connectivity index (χ2v) is 8.43. The van der Waals surface area contributed by atoms with Crippen molar-refractivity contribution in [3.05, 3.63) is 68.7 Å².